The number of aliphatic carboxylic acids is 1. The van der Waals surface area contributed by atoms with Crippen LogP contribution in [0.3, 0.4) is 0 Å². The van der Waals surface area contributed by atoms with Crippen LogP contribution in [0.25, 0.3) is 0 Å². The average molecular weight is 123 g/mol. The van der Waals surface area contributed by atoms with Gasteiger partial charge in [0.2, 0.25) is 0 Å². The van der Waals surface area contributed by atoms with E-state index >= 15 is 0 Å². The summed E-state index contributed by atoms with van der Waals surface area (Å²) in [4.78, 5) is 9.52. The minimum atomic E-state index is -0.836. The van der Waals surface area contributed by atoms with Crippen LogP contribution in [0.2, 0.25) is 0 Å². The lowest BCUT2D eigenvalue weighted by Crippen LogP contribution is -2.05. The predicted molar refractivity (Wildman–Crippen MR) is 32.4 cm³/mol. The van der Waals surface area contributed by atoms with Crippen molar-refractivity contribution in [3.05, 3.63) is 0 Å². The lowest BCUT2D eigenvalue weighted by atomic mass is 10.5. The molecule has 1 atom stereocenters. The highest BCUT2D eigenvalue weighted by atomic mass is 31.0. The fourth-order valence-electron chi connectivity index (χ4n) is 0.123. The highest BCUT2D eigenvalue weighted by Gasteiger charge is 1.87. The van der Waals surface area contributed by atoms with Gasteiger partial charge in [-0.15, -0.1) is 0 Å². The minimum Gasteiger partial charge on any atom is -0.481 e. The quantitative estimate of drug-likeness (QED) is 0.485. The number of rotatable bonds is 2. The van der Waals surface area contributed by atoms with E-state index < -0.39 is 5.97 Å². The van der Waals surface area contributed by atoms with Crippen LogP contribution in [0.5, 0.6) is 0 Å². The van der Waals surface area contributed by atoms with Crippen LogP contribution in [0.4, 0.5) is 0 Å². The van der Waals surface area contributed by atoms with E-state index in [-0.39, 0.29) is 22.9 Å². The molecule has 0 aromatic carbocycles. The first kappa shape index (κ1) is 9.97. The molecule has 0 amide bonds. The van der Waals surface area contributed by atoms with E-state index in [9.17, 15) is 4.79 Å². The summed E-state index contributed by atoms with van der Waals surface area (Å²) in [6.07, 6.45) is 0.0694. The van der Waals surface area contributed by atoms with Gasteiger partial charge < -0.3 is 10.8 Å². The molecule has 3 N–H and O–H groups in total. The number of hydrogen-bond donors (Lipinski definition) is 2. The first-order chi connectivity index (χ1) is 2.77. The molecule has 0 aromatic rings. The third-order valence-corrected chi connectivity index (χ3v) is 0.358. The van der Waals surface area contributed by atoms with E-state index in [2.05, 4.69) is 0 Å². The van der Waals surface area contributed by atoms with E-state index in [1.165, 1.54) is 0 Å². The molecule has 0 aliphatic rings. The van der Waals surface area contributed by atoms with Gasteiger partial charge in [0.1, 0.15) is 0 Å². The van der Waals surface area contributed by atoms with Gasteiger partial charge in [-0.3, -0.25) is 4.79 Å². The first-order valence-electron chi connectivity index (χ1n) is 1.69. The highest BCUT2D eigenvalue weighted by molar-refractivity contribution is 6.92. The number of hydrogen-bond acceptors (Lipinski definition) is 2. The molecular formula is C3H10NO2P. The number of nitrogens with two attached hydrogens (primary N) is 1. The molecule has 7 heavy (non-hydrogen) atoms. The SMILES string of the molecule is NCCC(=O)O.P. The molecule has 0 saturated heterocycles. The smallest absolute Gasteiger partial charge is 0.304 e. The maximum Gasteiger partial charge on any atom is 0.304 e. The van der Waals surface area contributed by atoms with Crippen LogP contribution < -0.4 is 5.73 Å². The molecule has 0 bridgehead atoms. The van der Waals surface area contributed by atoms with E-state index in [0.29, 0.717) is 0 Å². The normalized spacial score (nSPS) is 7.00. The summed E-state index contributed by atoms with van der Waals surface area (Å²) in [6.45, 7) is 0.231. The van der Waals surface area contributed by atoms with Crippen molar-refractivity contribution in [2.24, 2.45) is 5.73 Å². The van der Waals surface area contributed by atoms with Gasteiger partial charge in [-0.05, 0) is 0 Å². The Morgan fingerprint density at radius 3 is 2.14 bits per heavy atom. The molecule has 0 aromatic heterocycles. The van der Waals surface area contributed by atoms with Crippen LogP contribution in [-0.4, -0.2) is 17.6 Å². The molecule has 0 rings (SSSR count). The van der Waals surface area contributed by atoms with Gasteiger partial charge in [-0.2, -0.15) is 9.90 Å². The van der Waals surface area contributed by atoms with E-state index in [0.717, 1.165) is 0 Å². The van der Waals surface area contributed by atoms with Crippen molar-refractivity contribution < 1.29 is 9.90 Å². The van der Waals surface area contributed by atoms with Crippen molar-refractivity contribution in [1.82, 2.24) is 0 Å². The molecule has 0 fully saturated rings. The Morgan fingerprint density at radius 1 is 1.71 bits per heavy atom. The average Bonchev–Trinajstić information content (AvgIpc) is 1.35. The molecule has 0 radical (unpaired) electrons. The standard InChI is InChI=1S/C3H7NO2.H3P/c4-2-1-3(5)6;/h1-2,4H2,(H,5,6);1H3. The minimum absolute atomic E-state index is 0. The molecule has 4 heteroatoms. The summed E-state index contributed by atoms with van der Waals surface area (Å²) < 4.78 is 0. The van der Waals surface area contributed by atoms with Crippen LogP contribution in [-0.2, 0) is 4.79 Å². The van der Waals surface area contributed by atoms with Crippen molar-refractivity contribution >= 4 is 15.9 Å². The molecule has 0 heterocycles. The van der Waals surface area contributed by atoms with Crippen molar-refractivity contribution in [1.29, 1.82) is 0 Å². The van der Waals surface area contributed by atoms with Gasteiger partial charge in [0, 0.05) is 6.54 Å². The van der Waals surface area contributed by atoms with Crippen LogP contribution in [0, 0.1) is 0 Å². The second kappa shape index (κ2) is 5.86. The first-order valence-corrected chi connectivity index (χ1v) is 1.69. The summed E-state index contributed by atoms with van der Waals surface area (Å²) in [5, 5.41) is 7.83. The Labute approximate surface area is 45.5 Å². The van der Waals surface area contributed by atoms with Gasteiger partial charge in [-0.25, -0.2) is 0 Å². The second-order valence-electron chi connectivity index (χ2n) is 0.932. The Hall–Kier alpha value is -0.140. The Kier molecular flexibility index (Phi) is 8.35. The maximum absolute atomic E-state index is 9.52. The van der Waals surface area contributed by atoms with Crippen molar-refractivity contribution in [3.8, 4) is 0 Å². The van der Waals surface area contributed by atoms with Crippen LogP contribution in [0.1, 0.15) is 6.42 Å². The zero-order chi connectivity index (χ0) is 4.99. The number of carboxylic acids is 1. The topological polar surface area (TPSA) is 63.3 Å². The predicted octanol–water partition coefficient (Wildman–Crippen LogP) is -0.522. The molecule has 0 aliphatic carbocycles. The van der Waals surface area contributed by atoms with Crippen LogP contribution >= 0.6 is 9.90 Å². The summed E-state index contributed by atoms with van der Waals surface area (Å²) in [7, 11) is 0. The third-order valence-electron chi connectivity index (χ3n) is 0.358. The van der Waals surface area contributed by atoms with Gasteiger partial charge in [0.05, 0.1) is 6.42 Å². The maximum atomic E-state index is 9.52. The lowest BCUT2D eigenvalue weighted by Gasteiger charge is -1.80. The molecule has 3 nitrogen and oxygen atoms in total. The molecule has 0 spiro atoms. The third kappa shape index (κ3) is 10.7. The summed E-state index contributed by atoms with van der Waals surface area (Å²) in [5.74, 6) is -0.836. The van der Waals surface area contributed by atoms with Crippen molar-refractivity contribution in [2.75, 3.05) is 6.54 Å². The van der Waals surface area contributed by atoms with Crippen molar-refractivity contribution in [2.45, 2.75) is 6.42 Å². The van der Waals surface area contributed by atoms with Gasteiger partial charge in [0.25, 0.3) is 0 Å². The van der Waals surface area contributed by atoms with Crippen LogP contribution in [0.15, 0.2) is 0 Å². The van der Waals surface area contributed by atoms with Gasteiger partial charge in [-0.1, -0.05) is 0 Å². The van der Waals surface area contributed by atoms with Gasteiger partial charge >= 0.3 is 5.97 Å². The molecule has 0 saturated carbocycles. The monoisotopic (exact) mass is 123 g/mol. The molecule has 0 aliphatic heterocycles. The summed E-state index contributed by atoms with van der Waals surface area (Å²) >= 11 is 0. The van der Waals surface area contributed by atoms with E-state index in [1.54, 1.807) is 0 Å². The second-order valence-corrected chi connectivity index (χ2v) is 0.932. The zero-order valence-corrected chi connectivity index (χ0v) is 5.47. The molecular weight excluding hydrogens is 113 g/mol. The Bertz CT molecular complexity index is 56.9. The zero-order valence-electron chi connectivity index (χ0n) is 4.05. The van der Waals surface area contributed by atoms with Gasteiger partial charge in [0.15, 0.2) is 0 Å². The fraction of sp³-hybridized carbons (Fsp3) is 0.667. The van der Waals surface area contributed by atoms with E-state index in [1.807, 2.05) is 0 Å². The Balaban J connectivity index is 0. The largest absolute Gasteiger partial charge is 0.481 e. The summed E-state index contributed by atoms with van der Waals surface area (Å²) in [5.41, 5.74) is 4.85. The lowest BCUT2D eigenvalue weighted by molar-refractivity contribution is -0.136. The number of carbonyl (C=O) groups is 1. The Morgan fingerprint density at radius 2 is 2.14 bits per heavy atom. The fourth-order valence-corrected chi connectivity index (χ4v) is 0.123. The van der Waals surface area contributed by atoms with Crippen molar-refractivity contribution in [3.63, 3.8) is 0 Å². The summed E-state index contributed by atoms with van der Waals surface area (Å²) in [6, 6.07) is 0. The molecule has 44 valence electrons. The van der Waals surface area contributed by atoms with E-state index in [4.69, 9.17) is 10.8 Å². The molecule has 1 unspecified atom stereocenters. The number of carboxylic acid groups (broad SMARTS) is 1. The highest BCUT2D eigenvalue weighted by Crippen LogP contribution is 1.67.